The Hall–Kier alpha value is -2.98. The summed E-state index contributed by atoms with van der Waals surface area (Å²) in [4.78, 5) is 24.9. The van der Waals surface area contributed by atoms with E-state index in [1.165, 1.54) is 22.5 Å². The summed E-state index contributed by atoms with van der Waals surface area (Å²) in [7, 11) is -3.81. The minimum Gasteiger partial charge on any atom is -0.352 e. The van der Waals surface area contributed by atoms with E-state index in [-0.39, 0.29) is 43.5 Å². The molecule has 0 saturated carbocycles. The molecule has 29 heavy (non-hydrogen) atoms. The van der Waals surface area contributed by atoms with E-state index in [0.717, 1.165) is 11.6 Å². The van der Waals surface area contributed by atoms with Gasteiger partial charge in [0, 0.05) is 38.3 Å². The summed E-state index contributed by atoms with van der Waals surface area (Å²) in [6, 6.07) is 11.0. The summed E-state index contributed by atoms with van der Waals surface area (Å²) < 4.78 is 39.9. The smallest absolute Gasteiger partial charge is 0.312 e. The fourth-order valence-electron chi connectivity index (χ4n) is 3.04. The van der Waals surface area contributed by atoms with E-state index in [9.17, 15) is 22.4 Å². The van der Waals surface area contributed by atoms with Crippen LogP contribution in [0.25, 0.3) is 0 Å². The lowest BCUT2D eigenvalue weighted by molar-refractivity contribution is 0.0698. The van der Waals surface area contributed by atoms with E-state index in [0.29, 0.717) is 5.56 Å². The van der Waals surface area contributed by atoms with Gasteiger partial charge in [0.25, 0.3) is 5.91 Å². The zero-order valence-electron chi connectivity index (χ0n) is 15.5. The van der Waals surface area contributed by atoms with Crippen LogP contribution in [0.5, 0.6) is 0 Å². The second-order valence-corrected chi connectivity index (χ2v) is 8.51. The second kappa shape index (κ2) is 8.58. The first-order valence-corrected chi connectivity index (χ1v) is 10.4. The summed E-state index contributed by atoms with van der Waals surface area (Å²) >= 11 is 0. The predicted molar refractivity (Wildman–Crippen MR) is 104 cm³/mol. The molecule has 0 radical (unpaired) electrons. The highest BCUT2D eigenvalue weighted by molar-refractivity contribution is 7.89. The van der Waals surface area contributed by atoms with Gasteiger partial charge >= 0.3 is 6.03 Å². The van der Waals surface area contributed by atoms with Crippen molar-refractivity contribution in [2.24, 2.45) is 5.73 Å². The van der Waals surface area contributed by atoms with Crippen LogP contribution in [0.2, 0.25) is 0 Å². The molecule has 1 saturated heterocycles. The van der Waals surface area contributed by atoms with Crippen molar-refractivity contribution in [3.05, 3.63) is 65.5 Å². The predicted octanol–water partition coefficient (Wildman–Crippen LogP) is 1.14. The van der Waals surface area contributed by atoms with Gasteiger partial charge in [-0.05, 0) is 35.9 Å². The van der Waals surface area contributed by atoms with E-state index in [4.69, 9.17) is 5.73 Å². The highest BCUT2D eigenvalue weighted by Gasteiger charge is 2.30. The number of nitrogens with zero attached hydrogens (tertiary/aromatic N) is 2. The molecule has 1 aliphatic rings. The molecule has 0 unspecified atom stereocenters. The zero-order valence-corrected chi connectivity index (χ0v) is 16.4. The normalized spacial score (nSPS) is 15.1. The molecule has 0 spiro atoms. The number of benzene rings is 2. The van der Waals surface area contributed by atoms with Gasteiger partial charge in [-0.1, -0.05) is 18.2 Å². The summed E-state index contributed by atoms with van der Waals surface area (Å²) in [6.45, 7) is 0.994. The van der Waals surface area contributed by atoms with E-state index >= 15 is 0 Å². The van der Waals surface area contributed by atoms with E-state index in [1.807, 2.05) is 0 Å². The molecule has 0 aliphatic carbocycles. The number of primary amides is 1. The monoisotopic (exact) mass is 420 g/mol. The lowest BCUT2D eigenvalue weighted by Gasteiger charge is -2.34. The van der Waals surface area contributed by atoms with E-state index in [1.54, 1.807) is 29.2 Å². The number of carbonyl (C=O) groups is 2. The first-order chi connectivity index (χ1) is 13.8. The molecule has 2 aromatic carbocycles. The van der Waals surface area contributed by atoms with Crippen LogP contribution in [0.1, 0.15) is 15.9 Å². The Kier molecular flexibility index (Phi) is 6.14. The molecule has 8 nitrogen and oxygen atoms in total. The number of amides is 3. The third-order valence-corrected chi connectivity index (χ3v) is 6.52. The maximum atomic E-state index is 13.4. The van der Waals surface area contributed by atoms with Crippen molar-refractivity contribution in [1.82, 2.24) is 14.5 Å². The Labute approximate surface area is 168 Å². The van der Waals surface area contributed by atoms with Crippen LogP contribution >= 0.6 is 0 Å². The van der Waals surface area contributed by atoms with Crippen molar-refractivity contribution < 1.29 is 22.4 Å². The molecule has 1 aliphatic heterocycles. The fourth-order valence-corrected chi connectivity index (χ4v) is 4.50. The maximum absolute atomic E-state index is 13.4. The molecule has 2 aromatic rings. The molecular formula is C19H21FN4O4S. The van der Waals surface area contributed by atoms with Gasteiger partial charge in [0.2, 0.25) is 10.0 Å². The van der Waals surface area contributed by atoms with E-state index < -0.39 is 21.9 Å². The molecule has 0 aromatic heterocycles. The number of sulfonamides is 1. The molecule has 10 heteroatoms. The van der Waals surface area contributed by atoms with Crippen LogP contribution in [0.4, 0.5) is 9.18 Å². The third-order valence-electron chi connectivity index (χ3n) is 4.63. The van der Waals surface area contributed by atoms with Gasteiger partial charge in [-0.15, -0.1) is 0 Å². The number of hydrogen-bond donors (Lipinski definition) is 2. The highest BCUT2D eigenvalue weighted by Crippen LogP contribution is 2.19. The number of piperazine rings is 1. The minimum atomic E-state index is -3.81. The maximum Gasteiger partial charge on any atom is 0.312 e. The summed E-state index contributed by atoms with van der Waals surface area (Å²) in [5.74, 6) is -0.823. The summed E-state index contributed by atoms with van der Waals surface area (Å²) in [6.07, 6.45) is 0. The number of nitrogens with two attached hydrogens (primary N) is 1. The zero-order chi connectivity index (χ0) is 21.0. The molecule has 3 rings (SSSR count). The van der Waals surface area contributed by atoms with Crippen molar-refractivity contribution in [2.75, 3.05) is 26.2 Å². The topological polar surface area (TPSA) is 113 Å². The van der Waals surface area contributed by atoms with Gasteiger partial charge < -0.3 is 16.0 Å². The Morgan fingerprint density at radius 2 is 1.69 bits per heavy atom. The summed E-state index contributed by atoms with van der Waals surface area (Å²) in [5.41, 5.74) is 6.29. The van der Waals surface area contributed by atoms with Gasteiger partial charge in [-0.2, -0.15) is 4.31 Å². The quantitative estimate of drug-likeness (QED) is 0.755. The number of halogens is 1. The highest BCUT2D eigenvalue weighted by atomic mass is 32.2. The fraction of sp³-hybridized carbons (Fsp3) is 0.263. The molecule has 3 N–H and O–H groups in total. The van der Waals surface area contributed by atoms with Crippen LogP contribution in [0.15, 0.2) is 53.4 Å². The second-order valence-electron chi connectivity index (χ2n) is 6.57. The molecule has 3 amide bonds. The van der Waals surface area contributed by atoms with Crippen molar-refractivity contribution in [1.29, 1.82) is 0 Å². The van der Waals surface area contributed by atoms with Crippen LogP contribution in [-0.2, 0) is 16.6 Å². The van der Waals surface area contributed by atoms with Crippen molar-refractivity contribution in [2.45, 2.75) is 11.4 Å². The van der Waals surface area contributed by atoms with Gasteiger partial charge in [-0.25, -0.2) is 17.6 Å². The molecule has 0 atom stereocenters. The van der Waals surface area contributed by atoms with Crippen molar-refractivity contribution >= 4 is 22.0 Å². The van der Waals surface area contributed by atoms with Crippen LogP contribution < -0.4 is 11.1 Å². The van der Waals surface area contributed by atoms with Crippen LogP contribution in [0, 0.1) is 5.82 Å². The number of hydrogen-bond acceptors (Lipinski definition) is 4. The lowest BCUT2D eigenvalue weighted by Crippen LogP contribution is -2.50. The van der Waals surface area contributed by atoms with E-state index in [2.05, 4.69) is 5.32 Å². The number of rotatable bonds is 5. The van der Waals surface area contributed by atoms with Crippen LogP contribution in [-0.4, -0.2) is 55.7 Å². The molecule has 1 fully saturated rings. The van der Waals surface area contributed by atoms with Gasteiger partial charge in [0.1, 0.15) is 5.82 Å². The van der Waals surface area contributed by atoms with Gasteiger partial charge in [0.15, 0.2) is 0 Å². The largest absolute Gasteiger partial charge is 0.352 e. The Morgan fingerprint density at radius 1 is 1.03 bits per heavy atom. The molecule has 154 valence electrons. The molecular weight excluding hydrogens is 399 g/mol. The average molecular weight is 420 g/mol. The lowest BCUT2D eigenvalue weighted by atomic mass is 10.1. The first kappa shape index (κ1) is 20.7. The number of urea groups is 1. The van der Waals surface area contributed by atoms with Gasteiger partial charge in [-0.3, -0.25) is 4.79 Å². The Balaban J connectivity index is 1.61. The standard InChI is InChI=1S/C19H21FN4O4S/c20-16-2-1-3-17(12-16)29(27,28)24-10-8-23(9-11-24)18(25)15-6-4-14(5-7-15)13-22-19(21)26/h1-7,12H,8-11,13H2,(H3,21,22,26). The first-order valence-electron chi connectivity index (χ1n) is 8.94. The Morgan fingerprint density at radius 3 is 2.28 bits per heavy atom. The SMILES string of the molecule is NC(=O)NCc1ccc(C(=O)N2CCN(S(=O)(=O)c3cccc(F)c3)CC2)cc1. The van der Waals surface area contributed by atoms with Crippen molar-refractivity contribution in [3.63, 3.8) is 0 Å². The summed E-state index contributed by atoms with van der Waals surface area (Å²) in [5, 5.41) is 2.47. The molecule has 0 bridgehead atoms. The molecule has 1 heterocycles. The van der Waals surface area contributed by atoms with Crippen molar-refractivity contribution in [3.8, 4) is 0 Å². The average Bonchev–Trinajstić information content (AvgIpc) is 2.72. The number of carbonyl (C=O) groups excluding carboxylic acids is 2. The third kappa shape index (κ3) is 4.90. The van der Waals surface area contributed by atoms with Gasteiger partial charge in [0.05, 0.1) is 4.90 Å². The Bertz CT molecular complexity index is 1000. The number of nitrogens with one attached hydrogen (secondary N) is 1. The minimum absolute atomic E-state index is 0.0996. The van der Waals surface area contributed by atoms with Crippen LogP contribution in [0.3, 0.4) is 0 Å².